The van der Waals surface area contributed by atoms with Crippen LogP contribution in [0.4, 0.5) is 4.39 Å². The number of nitrogens with zero attached hydrogens (tertiary/aromatic N) is 4. The summed E-state index contributed by atoms with van der Waals surface area (Å²) in [5.74, 6) is 0.719. The molecule has 7 heteroatoms. The van der Waals surface area contributed by atoms with Gasteiger partial charge in [0, 0.05) is 26.2 Å². The van der Waals surface area contributed by atoms with Gasteiger partial charge in [0.15, 0.2) is 11.0 Å². The summed E-state index contributed by atoms with van der Waals surface area (Å²) in [6.07, 6.45) is 0. The lowest BCUT2D eigenvalue weighted by atomic mass is 10.2. The molecule has 0 radical (unpaired) electrons. The van der Waals surface area contributed by atoms with Crippen LogP contribution >= 0.6 is 11.8 Å². The van der Waals surface area contributed by atoms with Crippen molar-refractivity contribution in [1.82, 2.24) is 19.7 Å². The lowest BCUT2D eigenvalue weighted by Crippen LogP contribution is -2.27. The second kappa shape index (κ2) is 8.14. The van der Waals surface area contributed by atoms with Gasteiger partial charge in [-0.25, -0.2) is 4.39 Å². The third-order valence-corrected chi connectivity index (χ3v) is 4.96. The van der Waals surface area contributed by atoms with Gasteiger partial charge >= 0.3 is 0 Å². The Hall–Kier alpha value is -2.67. The van der Waals surface area contributed by atoms with Crippen LogP contribution in [0.3, 0.4) is 0 Å². The van der Waals surface area contributed by atoms with Crippen molar-refractivity contribution in [3.8, 4) is 11.4 Å². The standard InChI is InChI=1S/C19H19FN4OS/c1-23(12-14-8-10-16(20)11-9-14)17(25)13-26-19-22-21-18(24(19)2)15-6-4-3-5-7-15/h3-11H,12-13H2,1-2H3. The zero-order valence-corrected chi connectivity index (χ0v) is 15.4. The first-order chi connectivity index (χ1) is 12.5. The van der Waals surface area contributed by atoms with Gasteiger partial charge < -0.3 is 9.47 Å². The molecular weight excluding hydrogens is 351 g/mol. The number of carbonyl (C=O) groups excluding carboxylic acids is 1. The van der Waals surface area contributed by atoms with E-state index in [2.05, 4.69) is 10.2 Å². The molecule has 3 rings (SSSR count). The number of aromatic nitrogens is 3. The van der Waals surface area contributed by atoms with Crippen molar-refractivity contribution >= 4 is 17.7 Å². The Balaban J connectivity index is 1.59. The van der Waals surface area contributed by atoms with E-state index < -0.39 is 0 Å². The fourth-order valence-electron chi connectivity index (χ4n) is 2.47. The minimum Gasteiger partial charge on any atom is -0.341 e. The summed E-state index contributed by atoms with van der Waals surface area (Å²) in [6.45, 7) is 0.438. The van der Waals surface area contributed by atoms with E-state index in [1.165, 1.54) is 23.9 Å². The van der Waals surface area contributed by atoms with Crippen LogP contribution in [0.15, 0.2) is 59.8 Å². The first-order valence-electron chi connectivity index (χ1n) is 8.10. The predicted octanol–water partition coefficient (Wildman–Crippen LogP) is 3.37. The molecule has 1 heterocycles. The highest BCUT2D eigenvalue weighted by Crippen LogP contribution is 2.22. The summed E-state index contributed by atoms with van der Waals surface area (Å²) in [5.41, 5.74) is 1.87. The van der Waals surface area contributed by atoms with Gasteiger partial charge in [-0.1, -0.05) is 54.2 Å². The van der Waals surface area contributed by atoms with Crippen molar-refractivity contribution in [3.05, 3.63) is 66.0 Å². The summed E-state index contributed by atoms with van der Waals surface area (Å²) in [4.78, 5) is 14.0. The Bertz CT molecular complexity index is 880. The average Bonchev–Trinajstić information content (AvgIpc) is 3.03. The van der Waals surface area contributed by atoms with Gasteiger partial charge in [-0.15, -0.1) is 10.2 Å². The first kappa shape index (κ1) is 18.1. The molecule has 0 saturated heterocycles. The highest BCUT2D eigenvalue weighted by molar-refractivity contribution is 7.99. The SMILES string of the molecule is CN(Cc1ccc(F)cc1)C(=O)CSc1nnc(-c2ccccc2)n1C. The van der Waals surface area contributed by atoms with E-state index in [1.807, 2.05) is 41.9 Å². The van der Waals surface area contributed by atoms with Gasteiger partial charge in [0.2, 0.25) is 5.91 Å². The molecule has 0 N–H and O–H groups in total. The van der Waals surface area contributed by atoms with Gasteiger partial charge in [0.1, 0.15) is 5.82 Å². The van der Waals surface area contributed by atoms with Crippen LogP contribution < -0.4 is 0 Å². The van der Waals surface area contributed by atoms with Crippen LogP contribution in [0, 0.1) is 5.82 Å². The monoisotopic (exact) mass is 370 g/mol. The summed E-state index contributed by atoms with van der Waals surface area (Å²) >= 11 is 1.35. The van der Waals surface area contributed by atoms with Crippen LogP contribution in [-0.2, 0) is 18.4 Å². The Morgan fingerprint density at radius 3 is 2.50 bits per heavy atom. The third kappa shape index (κ3) is 4.29. The zero-order valence-electron chi connectivity index (χ0n) is 14.6. The third-order valence-electron chi connectivity index (χ3n) is 3.95. The van der Waals surface area contributed by atoms with Crippen LogP contribution in [0.25, 0.3) is 11.4 Å². The van der Waals surface area contributed by atoms with Crippen molar-refractivity contribution in [2.75, 3.05) is 12.8 Å². The minimum atomic E-state index is -0.283. The van der Waals surface area contributed by atoms with Crippen molar-refractivity contribution in [1.29, 1.82) is 0 Å². The normalized spacial score (nSPS) is 10.7. The molecule has 1 amide bonds. The minimum absolute atomic E-state index is 0.0245. The quantitative estimate of drug-likeness (QED) is 0.624. The first-order valence-corrected chi connectivity index (χ1v) is 9.09. The number of halogens is 1. The molecule has 0 atom stereocenters. The van der Waals surface area contributed by atoms with E-state index in [0.29, 0.717) is 11.7 Å². The number of hydrogen-bond acceptors (Lipinski definition) is 4. The van der Waals surface area contributed by atoms with Crippen molar-refractivity contribution in [3.63, 3.8) is 0 Å². The van der Waals surface area contributed by atoms with E-state index >= 15 is 0 Å². The molecule has 0 aliphatic carbocycles. The Kier molecular flexibility index (Phi) is 5.68. The predicted molar refractivity (Wildman–Crippen MR) is 100 cm³/mol. The maximum absolute atomic E-state index is 13.0. The maximum atomic E-state index is 13.0. The number of amides is 1. The lowest BCUT2D eigenvalue weighted by Gasteiger charge is -2.17. The van der Waals surface area contributed by atoms with Crippen molar-refractivity contribution in [2.24, 2.45) is 7.05 Å². The molecule has 0 unspecified atom stereocenters. The van der Waals surface area contributed by atoms with Crippen molar-refractivity contribution in [2.45, 2.75) is 11.7 Å². The van der Waals surface area contributed by atoms with Crippen LogP contribution in [0.2, 0.25) is 0 Å². The summed E-state index contributed by atoms with van der Waals surface area (Å²) in [6, 6.07) is 15.9. The number of thioether (sulfide) groups is 1. The van der Waals surface area contributed by atoms with E-state index in [4.69, 9.17) is 0 Å². The number of benzene rings is 2. The smallest absolute Gasteiger partial charge is 0.233 e. The Morgan fingerprint density at radius 2 is 1.81 bits per heavy atom. The van der Waals surface area contributed by atoms with Crippen LogP contribution in [-0.4, -0.2) is 38.4 Å². The molecule has 2 aromatic carbocycles. The maximum Gasteiger partial charge on any atom is 0.233 e. The Labute approximate surface area is 155 Å². The molecule has 0 aliphatic heterocycles. The van der Waals surface area contributed by atoms with Crippen molar-refractivity contribution < 1.29 is 9.18 Å². The van der Waals surface area contributed by atoms with E-state index in [1.54, 1.807) is 24.1 Å². The second-order valence-electron chi connectivity index (χ2n) is 5.90. The summed E-state index contributed by atoms with van der Waals surface area (Å²) < 4.78 is 14.8. The molecule has 3 aromatic rings. The molecule has 0 aliphatic rings. The van der Waals surface area contributed by atoms with Crippen LogP contribution in [0.1, 0.15) is 5.56 Å². The molecule has 0 saturated carbocycles. The highest BCUT2D eigenvalue weighted by Gasteiger charge is 2.15. The topological polar surface area (TPSA) is 51.0 Å². The van der Waals surface area contributed by atoms with E-state index in [-0.39, 0.29) is 17.5 Å². The molecule has 5 nitrogen and oxygen atoms in total. The zero-order chi connectivity index (χ0) is 18.5. The lowest BCUT2D eigenvalue weighted by molar-refractivity contribution is -0.127. The van der Waals surface area contributed by atoms with Crippen LogP contribution in [0.5, 0.6) is 0 Å². The molecular formula is C19H19FN4OS. The molecule has 0 fully saturated rings. The Morgan fingerprint density at radius 1 is 1.12 bits per heavy atom. The summed E-state index contributed by atoms with van der Waals surface area (Å²) in [7, 11) is 3.62. The second-order valence-corrected chi connectivity index (χ2v) is 6.84. The molecule has 1 aromatic heterocycles. The summed E-state index contributed by atoms with van der Waals surface area (Å²) in [5, 5.41) is 9.08. The fourth-order valence-corrected chi connectivity index (χ4v) is 3.32. The van der Waals surface area contributed by atoms with E-state index in [9.17, 15) is 9.18 Å². The number of carbonyl (C=O) groups is 1. The van der Waals surface area contributed by atoms with Gasteiger partial charge in [0.25, 0.3) is 0 Å². The van der Waals surface area contributed by atoms with Gasteiger partial charge in [-0.05, 0) is 17.7 Å². The number of rotatable bonds is 6. The molecule has 0 bridgehead atoms. The molecule has 26 heavy (non-hydrogen) atoms. The molecule has 134 valence electrons. The van der Waals surface area contributed by atoms with Gasteiger partial charge in [-0.2, -0.15) is 0 Å². The highest BCUT2D eigenvalue weighted by atomic mass is 32.2. The largest absolute Gasteiger partial charge is 0.341 e. The fraction of sp³-hybridized carbons (Fsp3) is 0.211. The van der Waals surface area contributed by atoms with Gasteiger partial charge in [0.05, 0.1) is 5.75 Å². The average molecular weight is 370 g/mol. The number of hydrogen-bond donors (Lipinski definition) is 0. The van der Waals surface area contributed by atoms with E-state index in [0.717, 1.165) is 17.0 Å². The molecule has 0 spiro atoms. The van der Waals surface area contributed by atoms with Gasteiger partial charge in [-0.3, -0.25) is 4.79 Å².